The second kappa shape index (κ2) is 6.73. The van der Waals surface area contributed by atoms with Gasteiger partial charge in [-0.2, -0.15) is 10.4 Å². The molecule has 130 valence electrons. The van der Waals surface area contributed by atoms with Gasteiger partial charge < -0.3 is 4.98 Å². The summed E-state index contributed by atoms with van der Waals surface area (Å²) in [6, 6.07) is 13.2. The summed E-state index contributed by atoms with van der Waals surface area (Å²) in [7, 11) is 1.80. The van der Waals surface area contributed by atoms with Crippen LogP contribution in [0.25, 0.3) is 28.2 Å². The number of ketones is 1. The van der Waals surface area contributed by atoms with Gasteiger partial charge in [-0.3, -0.25) is 14.5 Å². The third kappa shape index (κ3) is 3.02. The predicted octanol–water partition coefficient (Wildman–Crippen LogP) is 3.75. The van der Waals surface area contributed by atoms with E-state index >= 15 is 0 Å². The zero-order chi connectivity index (χ0) is 18.8. The SMILES string of the molecule is Cn1cc(/C=C(/C#N)C(=O)c2c[nH]c3ccccc23)c(-c2ccncc2)n1. The summed E-state index contributed by atoms with van der Waals surface area (Å²) < 4.78 is 1.66. The first-order chi connectivity index (χ1) is 13.2. The maximum absolute atomic E-state index is 13.0. The minimum Gasteiger partial charge on any atom is -0.360 e. The standard InChI is InChI=1S/C21H15N5O/c1-26-13-16(20(25-26)14-6-8-23-9-7-14)10-15(11-22)21(27)18-12-24-19-5-3-2-4-17(18)19/h2-10,12-13,24H,1H3/b15-10-. The quantitative estimate of drug-likeness (QED) is 0.344. The highest BCUT2D eigenvalue weighted by molar-refractivity contribution is 6.20. The smallest absolute Gasteiger partial charge is 0.205 e. The highest BCUT2D eigenvalue weighted by Gasteiger charge is 2.18. The molecule has 3 heterocycles. The van der Waals surface area contributed by atoms with Crippen LogP contribution < -0.4 is 0 Å². The number of aromatic amines is 1. The number of carbonyl (C=O) groups excluding carboxylic acids is 1. The molecule has 0 saturated carbocycles. The molecule has 0 aliphatic heterocycles. The Bertz CT molecular complexity index is 1210. The molecule has 0 unspecified atom stereocenters. The molecule has 3 aromatic heterocycles. The van der Waals surface area contributed by atoms with Crippen molar-refractivity contribution in [1.82, 2.24) is 19.7 Å². The van der Waals surface area contributed by atoms with E-state index in [1.807, 2.05) is 42.5 Å². The van der Waals surface area contributed by atoms with E-state index in [2.05, 4.69) is 15.1 Å². The maximum atomic E-state index is 13.0. The van der Waals surface area contributed by atoms with Crippen LogP contribution >= 0.6 is 0 Å². The van der Waals surface area contributed by atoms with Gasteiger partial charge in [0, 0.05) is 59.4 Å². The summed E-state index contributed by atoms with van der Waals surface area (Å²) in [6.07, 6.45) is 8.38. The fourth-order valence-corrected chi connectivity index (χ4v) is 3.06. The van der Waals surface area contributed by atoms with Crippen molar-refractivity contribution in [1.29, 1.82) is 5.26 Å². The maximum Gasteiger partial charge on any atom is 0.205 e. The van der Waals surface area contributed by atoms with E-state index in [-0.39, 0.29) is 11.4 Å². The van der Waals surface area contributed by atoms with Crippen LogP contribution in [0.4, 0.5) is 0 Å². The molecule has 1 aromatic carbocycles. The summed E-state index contributed by atoms with van der Waals surface area (Å²) in [5, 5.41) is 14.9. The number of carbonyl (C=O) groups is 1. The van der Waals surface area contributed by atoms with Gasteiger partial charge in [-0.25, -0.2) is 0 Å². The number of allylic oxidation sites excluding steroid dienone is 1. The molecule has 0 aliphatic carbocycles. The molecule has 0 saturated heterocycles. The normalized spacial score (nSPS) is 11.5. The van der Waals surface area contributed by atoms with E-state index in [0.717, 1.165) is 16.5 Å². The molecule has 0 aliphatic rings. The fraction of sp³-hybridized carbons (Fsp3) is 0.0476. The summed E-state index contributed by atoms with van der Waals surface area (Å²) >= 11 is 0. The molecule has 0 atom stereocenters. The van der Waals surface area contributed by atoms with Crippen LogP contribution in [0.1, 0.15) is 15.9 Å². The number of rotatable bonds is 4. The van der Waals surface area contributed by atoms with Gasteiger partial charge in [0.05, 0.1) is 5.69 Å². The number of nitrogens with zero attached hydrogens (tertiary/aromatic N) is 4. The van der Waals surface area contributed by atoms with E-state index in [1.165, 1.54) is 0 Å². The van der Waals surface area contributed by atoms with Crippen LogP contribution in [0.15, 0.2) is 66.8 Å². The van der Waals surface area contributed by atoms with Crippen LogP contribution in [-0.4, -0.2) is 25.5 Å². The molecule has 0 radical (unpaired) electrons. The molecular formula is C21H15N5O. The Labute approximate surface area is 155 Å². The van der Waals surface area contributed by atoms with Crippen LogP contribution in [0, 0.1) is 11.3 Å². The zero-order valence-electron chi connectivity index (χ0n) is 14.5. The van der Waals surface area contributed by atoms with Crippen LogP contribution in [0.5, 0.6) is 0 Å². The highest BCUT2D eigenvalue weighted by Crippen LogP contribution is 2.25. The number of nitrogens with one attached hydrogen (secondary N) is 1. The van der Waals surface area contributed by atoms with Crippen molar-refractivity contribution in [2.45, 2.75) is 0 Å². The van der Waals surface area contributed by atoms with E-state index in [9.17, 15) is 10.1 Å². The van der Waals surface area contributed by atoms with Crippen molar-refractivity contribution in [3.8, 4) is 17.3 Å². The van der Waals surface area contributed by atoms with Gasteiger partial charge in [-0.15, -0.1) is 0 Å². The molecule has 4 rings (SSSR count). The number of H-pyrrole nitrogens is 1. The molecule has 6 nitrogen and oxygen atoms in total. The molecule has 1 N–H and O–H groups in total. The number of nitriles is 1. The molecule has 0 amide bonds. The molecule has 4 aromatic rings. The van der Waals surface area contributed by atoms with Gasteiger partial charge in [0.1, 0.15) is 11.6 Å². The predicted molar refractivity (Wildman–Crippen MR) is 103 cm³/mol. The second-order valence-corrected chi connectivity index (χ2v) is 6.09. The van der Waals surface area contributed by atoms with Crippen LogP contribution in [0.2, 0.25) is 0 Å². The lowest BCUT2D eigenvalue weighted by molar-refractivity contribution is 0.104. The number of Topliss-reactive ketones (excluding diaryl/α,β-unsaturated/α-hetero) is 1. The Hall–Kier alpha value is -3.98. The number of hydrogen-bond acceptors (Lipinski definition) is 4. The molecule has 0 spiro atoms. The molecular weight excluding hydrogens is 338 g/mol. The fourth-order valence-electron chi connectivity index (χ4n) is 3.06. The minimum atomic E-state index is -0.320. The number of aryl methyl sites for hydroxylation is 1. The van der Waals surface area contributed by atoms with Crippen LogP contribution in [0.3, 0.4) is 0 Å². The lowest BCUT2D eigenvalue weighted by Gasteiger charge is -2.00. The summed E-state index contributed by atoms with van der Waals surface area (Å²) in [5.41, 5.74) is 3.66. The summed E-state index contributed by atoms with van der Waals surface area (Å²) in [5.74, 6) is -0.320. The van der Waals surface area contributed by atoms with E-state index in [1.54, 1.807) is 42.6 Å². The first-order valence-electron chi connectivity index (χ1n) is 8.34. The van der Waals surface area contributed by atoms with Crippen molar-refractivity contribution < 1.29 is 4.79 Å². The summed E-state index contributed by atoms with van der Waals surface area (Å²) in [4.78, 5) is 20.0. The van der Waals surface area contributed by atoms with Crippen molar-refractivity contribution in [2.75, 3.05) is 0 Å². The molecule has 0 fully saturated rings. The van der Waals surface area contributed by atoms with E-state index in [4.69, 9.17) is 0 Å². The topological polar surface area (TPSA) is 87.4 Å². The zero-order valence-corrected chi connectivity index (χ0v) is 14.5. The number of benzene rings is 1. The van der Waals surface area contributed by atoms with Gasteiger partial charge in [-0.05, 0) is 24.3 Å². The van der Waals surface area contributed by atoms with Gasteiger partial charge in [0.2, 0.25) is 5.78 Å². The second-order valence-electron chi connectivity index (χ2n) is 6.09. The highest BCUT2D eigenvalue weighted by atomic mass is 16.1. The lowest BCUT2D eigenvalue weighted by Crippen LogP contribution is -2.01. The Kier molecular flexibility index (Phi) is 4.11. The number of fused-ring (bicyclic) bond motifs is 1. The first kappa shape index (κ1) is 16.5. The number of para-hydroxylation sites is 1. The van der Waals surface area contributed by atoms with Gasteiger partial charge in [0.25, 0.3) is 0 Å². The monoisotopic (exact) mass is 353 g/mol. The molecule has 6 heteroatoms. The van der Waals surface area contributed by atoms with Gasteiger partial charge >= 0.3 is 0 Å². The van der Waals surface area contributed by atoms with Crippen LogP contribution in [-0.2, 0) is 7.05 Å². The number of hydrogen-bond donors (Lipinski definition) is 1. The van der Waals surface area contributed by atoms with E-state index in [0.29, 0.717) is 16.8 Å². The molecule has 27 heavy (non-hydrogen) atoms. The number of aromatic nitrogens is 4. The van der Waals surface area contributed by atoms with Gasteiger partial charge in [-0.1, -0.05) is 18.2 Å². The molecule has 0 bridgehead atoms. The van der Waals surface area contributed by atoms with Crippen molar-refractivity contribution in [2.24, 2.45) is 7.05 Å². The number of pyridine rings is 1. The Balaban J connectivity index is 1.79. The Morgan fingerprint density at radius 2 is 2.00 bits per heavy atom. The average molecular weight is 353 g/mol. The van der Waals surface area contributed by atoms with Crippen molar-refractivity contribution >= 4 is 22.8 Å². The third-order valence-corrected chi connectivity index (χ3v) is 4.31. The Morgan fingerprint density at radius 1 is 1.22 bits per heavy atom. The van der Waals surface area contributed by atoms with E-state index < -0.39 is 0 Å². The summed E-state index contributed by atoms with van der Waals surface area (Å²) in [6.45, 7) is 0. The first-order valence-corrected chi connectivity index (χ1v) is 8.34. The minimum absolute atomic E-state index is 0.0584. The van der Waals surface area contributed by atoms with Crippen molar-refractivity contribution in [3.63, 3.8) is 0 Å². The largest absolute Gasteiger partial charge is 0.360 e. The Morgan fingerprint density at radius 3 is 2.78 bits per heavy atom. The van der Waals surface area contributed by atoms with Crippen molar-refractivity contribution in [3.05, 3.63) is 77.9 Å². The third-order valence-electron chi connectivity index (χ3n) is 4.31. The average Bonchev–Trinajstić information content (AvgIpc) is 3.29. The van der Waals surface area contributed by atoms with Gasteiger partial charge in [0.15, 0.2) is 0 Å². The lowest BCUT2D eigenvalue weighted by atomic mass is 10.0.